The van der Waals surface area contributed by atoms with E-state index in [1.165, 1.54) is 19.1 Å². The molecule has 1 nitrogen and oxygen atoms in total. The minimum absolute atomic E-state index is 0.00463. The molecule has 1 aromatic carbocycles. The molecule has 0 amide bonds. The fraction of sp³-hybridized carbons (Fsp3) is 0.455. The van der Waals surface area contributed by atoms with E-state index in [9.17, 15) is 8.78 Å². The molecule has 0 saturated heterocycles. The van der Waals surface area contributed by atoms with Gasteiger partial charge in [0.25, 0.3) is 5.92 Å². The van der Waals surface area contributed by atoms with Gasteiger partial charge in [-0.05, 0) is 20.8 Å². The van der Waals surface area contributed by atoms with Gasteiger partial charge in [-0.15, -0.1) is 0 Å². The third-order valence-corrected chi connectivity index (χ3v) is 2.18. The summed E-state index contributed by atoms with van der Waals surface area (Å²) in [5.41, 5.74) is 6.92. The molecule has 0 aliphatic rings. The van der Waals surface area contributed by atoms with E-state index in [-0.39, 0.29) is 5.56 Å². The lowest BCUT2D eigenvalue weighted by Gasteiger charge is -2.21. The second-order valence-corrected chi connectivity index (χ2v) is 3.79. The van der Waals surface area contributed by atoms with Crippen molar-refractivity contribution in [3.8, 4) is 0 Å². The van der Waals surface area contributed by atoms with E-state index < -0.39 is 12.0 Å². The van der Waals surface area contributed by atoms with Crippen molar-refractivity contribution in [2.75, 3.05) is 0 Å². The lowest BCUT2D eigenvalue weighted by Crippen LogP contribution is -2.35. The summed E-state index contributed by atoms with van der Waals surface area (Å²) in [7, 11) is 0. The van der Waals surface area contributed by atoms with Crippen molar-refractivity contribution in [1.82, 2.24) is 0 Å². The zero-order valence-electron chi connectivity index (χ0n) is 8.64. The summed E-state index contributed by atoms with van der Waals surface area (Å²) in [6, 6.07) is 3.66. The number of hydrogen-bond donors (Lipinski definition) is 1. The zero-order valence-corrected chi connectivity index (χ0v) is 8.64. The summed E-state index contributed by atoms with van der Waals surface area (Å²) in [4.78, 5) is 0. The van der Waals surface area contributed by atoms with Gasteiger partial charge in [0.15, 0.2) is 0 Å². The standard InChI is InChI=1S/C11H15F2N/c1-7-4-8(2)6-10(5-7)11(12,13)9(3)14/h4-6,9H,14H2,1-3H3. The van der Waals surface area contributed by atoms with Crippen LogP contribution in [0.5, 0.6) is 0 Å². The fourth-order valence-electron chi connectivity index (χ4n) is 1.43. The maximum absolute atomic E-state index is 13.5. The van der Waals surface area contributed by atoms with Gasteiger partial charge >= 0.3 is 0 Å². The van der Waals surface area contributed by atoms with Crippen LogP contribution in [0.1, 0.15) is 23.6 Å². The number of alkyl halides is 2. The molecule has 1 rings (SSSR count). The molecule has 14 heavy (non-hydrogen) atoms. The van der Waals surface area contributed by atoms with Crippen molar-refractivity contribution in [3.63, 3.8) is 0 Å². The highest BCUT2D eigenvalue weighted by Gasteiger charge is 2.36. The summed E-state index contributed by atoms with van der Waals surface area (Å²) in [6.45, 7) is 4.92. The average Bonchev–Trinajstić information content (AvgIpc) is 2.01. The van der Waals surface area contributed by atoms with Crippen LogP contribution >= 0.6 is 0 Å². The van der Waals surface area contributed by atoms with Crippen LogP contribution in [0.3, 0.4) is 0 Å². The highest BCUT2D eigenvalue weighted by molar-refractivity contribution is 5.32. The number of nitrogens with two attached hydrogens (primary N) is 1. The second-order valence-electron chi connectivity index (χ2n) is 3.79. The van der Waals surface area contributed by atoms with E-state index >= 15 is 0 Å². The number of aryl methyl sites for hydroxylation is 2. The Morgan fingerprint density at radius 3 is 1.93 bits per heavy atom. The van der Waals surface area contributed by atoms with Crippen LogP contribution in [0.25, 0.3) is 0 Å². The quantitative estimate of drug-likeness (QED) is 0.778. The topological polar surface area (TPSA) is 26.0 Å². The largest absolute Gasteiger partial charge is 0.323 e. The molecule has 0 aliphatic heterocycles. The lowest BCUT2D eigenvalue weighted by molar-refractivity contribution is -0.0257. The zero-order chi connectivity index (χ0) is 10.9. The predicted molar refractivity (Wildman–Crippen MR) is 53.5 cm³/mol. The first-order chi connectivity index (χ1) is 6.34. The third kappa shape index (κ3) is 2.10. The van der Waals surface area contributed by atoms with Crippen LogP contribution < -0.4 is 5.73 Å². The second kappa shape index (κ2) is 3.65. The summed E-state index contributed by atoms with van der Waals surface area (Å²) < 4.78 is 27.0. The van der Waals surface area contributed by atoms with Crippen molar-refractivity contribution in [2.24, 2.45) is 5.73 Å². The smallest absolute Gasteiger partial charge is 0.287 e. The van der Waals surface area contributed by atoms with Gasteiger partial charge in [0.2, 0.25) is 0 Å². The van der Waals surface area contributed by atoms with E-state index in [2.05, 4.69) is 0 Å². The van der Waals surface area contributed by atoms with Gasteiger partial charge in [-0.2, -0.15) is 8.78 Å². The Bertz CT molecular complexity index is 312. The highest BCUT2D eigenvalue weighted by Crippen LogP contribution is 2.31. The summed E-state index contributed by atoms with van der Waals surface area (Å²) in [5, 5.41) is 0. The van der Waals surface area contributed by atoms with Gasteiger partial charge in [0, 0.05) is 5.56 Å². The SMILES string of the molecule is Cc1cc(C)cc(C(F)(F)C(C)N)c1. The normalized spacial score (nSPS) is 14.1. The average molecular weight is 199 g/mol. The Morgan fingerprint density at radius 2 is 1.57 bits per heavy atom. The molecule has 0 fully saturated rings. The van der Waals surface area contributed by atoms with Crippen LogP contribution in [0.4, 0.5) is 8.78 Å². The number of rotatable bonds is 2. The van der Waals surface area contributed by atoms with E-state index in [0.29, 0.717) is 0 Å². The summed E-state index contributed by atoms with van der Waals surface area (Å²) in [6.07, 6.45) is 0. The van der Waals surface area contributed by atoms with Gasteiger partial charge in [-0.25, -0.2) is 0 Å². The molecule has 0 aromatic heterocycles. The summed E-state index contributed by atoms with van der Waals surface area (Å²) in [5.74, 6) is -2.95. The molecule has 78 valence electrons. The van der Waals surface area contributed by atoms with Gasteiger partial charge in [-0.1, -0.05) is 29.3 Å². The van der Waals surface area contributed by atoms with E-state index in [1.54, 1.807) is 13.8 Å². The minimum Gasteiger partial charge on any atom is -0.323 e. The molecule has 0 heterocycles. The van der Waals surface area contributed by atoms with Crippen LogP contribution in [-0.2, 0) is 5.92 Å². The molecule has 1 unspecified atom stereocenters. The van der Waals surface area contributed by atoms with Crippen LogP contribution in [0, 0.1) is 13.8 Å². The Balaban J connectivity index is 3.18. The van der Waals surface area contributed by atoms with Crippen molar-refractivity contribution in [3.05, 3.63) is 34.9 Å². The first-order valence-electron chi connectivity index (χ1n) is 4.56. The Morgan fingerprint density at radius 1 is 1.14 bits per heavy atom. The fourth-order valence-corrected chi connectivity index (χ4v) is 1.43. The van der Waals surface area contributed by atoms with E-state index in [4.69, 9.17) is 5.73 Å². The number of benzene rings is 1. The molecule has 0 aliphatic carbocycles. The van der Waals surface area contributed by atoms with Gasteiger partial charge in [-0.3, -0.25) is 0 Å². The van der Waals surface area contributed by atoms with E-state index in [1.807, 2.05) is 6.07 Å². The molecular formula is C11H15F2N. The Kier molecular flexibility index (Phi) is 2.90. The van der Waals surface area contributed by atoms with Gasteiger partial charge in [0.1, 0.15) is 0 Å². The Hall–Kier alpha value is -0.960. The first-order valence-corrected chi connectivity index (χ1v) is 4.56. The molecule has 0 bridgehead atoms. The summed E-state index contributed by atoms with van der Waals surface area (Å²) >= 11 is 0. The number of hydrogen-bond acceptors (Lipinski definition) is 1. The van der Waals surface area contributed by atoms with Gasteiger partial charge < -0.3 is 5.73 Å². The van der Waals surface area contributed by atoms with Crippen molar-refractivity contribution >= 4 is 0 Å². The van der Waals surface area contributed by atoms with Crippen LogP contribution in [0.2, 0.25) is 0 Å². The van der Waals surface area contributed by atoms with Crippen LogP contribution in [-0.4, -0.2) is 6.04 Å². The molecule has 0 spiro atoms. The Labute approximate surface area is 82.9 Å². The highest BCUT2D eigenvalue weighted by atomic mass is 19.3. The molecule has 1 aromatic rings. The predicted octanol–water partition coefficient (Wildman–Crippen LogP) is 2.74. The van der Waals surface area contributed by atoms with Crippen molar-refractivity contribution < 1.29 is 8.78 Å². The lowest BCUT2D eigenvalue weighted by atomic mass is 9.99. The first kappa shape index (κ1) is 11.1. The monoisotopic (exact) mass is 199 g/mol. The maximum atomic E-state index is 13.5. The molecular weight excluding hydrogens is 184 g/mol. The van der Waals surface area contributed by atoms with Crippen molar-refractivity contribution in [2.45, 2.75) is 32.7 Å². The minimum atomic E-state index is -2.95. The van der Waals surface area contributed by atoms with Crippen LogP contribution in [0.15, 0.2) is 18.2 Å². The third-order valence-electron chi connectivity index (χ3n) is 2.18. The molecule has 1 atom stereocenters. The molecule has 0 radical (unpaired) electrons. The van der Waals surface area contributed by atoms with Gasteiger partial charge in [0.05, 0.1) is 6.04 Å². The maximum Gasteiger partial charge on any atom is 0.287 e. The van der Waals surface area contributed by atoms with E-state index in [0.717, 1.165) is 11.1 Å². The molecule has 0 saturated carbocycles. The molecule has 3 heteroatoms. The molecule has 2 N–H and O–H groups in total. The number of halogens is 2. The van der Waals surface area contributed by atoms with Crippen molar-refractivity contribution in [1.29, 1.82) is 0 Å².